The molecule has 2 heterocycles. The van der Waals surface area contributed by atoms with Gasteiger partial charge in [0.2, 0.25) is 0 Å². The van der Waals surface area contributed by atoms with Crippen LogP contribution in [-0.2, 0) is 32.9 Å². The number of para-hydroxylation sites is 1. The van der Waals surface area contributed by atoms with E-state index in [1.807, 2.05) is 85.1 Å². The van der Waals surface area contributed by atoms with E-state index in [1.54, 1.807) is 0 Å². The van der Waals surface area contributed by atoms with Crippen LogP contribution in [0.3, 0.4) is 0 Å². The Hall–Kier alpha value is -8.69. The van der Waals surface area contributed by atoms with Crippen LogP contribution >= 0.6 is 0 Å². The summed E-state index contributed by atoms with van der Waals surface area (Å²) in [5.74, 6) is 0.582. The van der Waals surface area contributed by atoms with E-state index in [1.165, 1.54) is 11.1 Å². The van der Waals surface area contributed by atoms with Crippen molar-refractivity contribution in [3.05, 3.63) is 278 Å². The summed E-state index contributed by atoms with van der Waals surface area (Å²) < 4.78 is 21.4. The first kappa shape index (κ1) is 49.6. The van der Waals surface area contributed by atoms with E-state index in [-0.39, 0.29) is 38.1 Å². The number of benzene rings is 10. The third-order valence-electron chi connectivity index (χ3n) is 16.0. The maximum Gasteiger partial charge on any atom is 0.148 e. The first-order valence-electron chi connectivity index (χ1n) is 28.5. The van der Waals surface area contributed by atoms with Crippen molar-refractivity contribution in [2.45, 2.75) is 51.3 Å². The van der Waals surface area contributed by atoms with Crippen molar-refractivity contribution in [3.8, 4) is 101 Å². The molecule has 0 bridgehead atoms. The van der Waals surface area contributed by atoms with Crippen LogP contribution < -0.4 is 0 Å². The summed E-state index contributed by atoms with van der Waals surface area (Å²) in [6, 6.07) is 89.5. The molecule has 0 unspecified atom stereocenters. The number of hydrogen-bond donors (Lipinski definition) is 1. The topological polar surface area (TPSA) is 50.9 Å². The molecule has 5 heteroatoms. The summed E-state index contributed by atoms with van der Waals surface area (Å²) in [5, 5.41) is 12.9. The number of phenolic OH excluding ortho intramolecular Hbond substituents is 1. The summed E-state index contributed by atoms with van der Waals surface area (Å²) >= 11 is 0. The molecule has 1 saturated carbocycles. The number of rotatable bonds is 13. The van der Waals surface area contributed by atoms with Crippen LogP contribution in [0.4, 0.5) is 0 Å². The smallest absolute Gasteiger partial charge is 0.148 e. The molecule has 80 heavy (non-hydrogen) atoms. The Morgan fingerprint density at radius 1 is 0.500 bits per heavy atom. The second-order valence-electron chi connectivity index (χ2n) is 21.4. The van der Waals surface area contributed by atoms with E-state index >= 15 is 0 Å². The molecular formula is C75H60N3OPt-. The SMILES string of the molecule is [2H]C([2H])(c1ccc(-n2c(-c3cc(-c4ccccc4)cc(-c4ccccc4)c3O)nc3c(-c4[c-]c(-c5cc(-c6ccc(C(C)(C)c7ccccc7)cc6)ccn5)cc(-c5ccccc5)c4)cccc32)c(-c2ccccc2)c1)C1CCCC1.[Pt]. The van der Waals surface area contributed by atoms with Gasteiger partial charge < -0.3 is 5.11 Å². The van der Waals surface area contributed by atoms with Crippen LogP contribution in [-0.4, -0.2) is 19.6 Å². The van der Waals surface area contributed by atoms with Crippen LogP contribution in [0.5, 0.6) is 5.75 Å². The minimum atomic E-state index is -1.53. The van der Waals surface area contributed by atoms with E-state index < -0.39 is 6.37 Å². The van der Waals surface area contributed by atoms with Crippen LogP contribution in [0.25, 0.3) is 106 Å². The second kappa shape index (κ2) is 22.6. The van der Waals surface area contributed by atoms with Crippen molar-refractivity contribution in [2.24, 2.45) is 5.92 Å². The molecule has 4 nitrogen and oxygen atoms in total. The van der Waals surface area contributed by atoms with Gasteiger partial charge in [-0.2, -0.15) is 0 Å². The standard InChI is InChI=1S/C75H60N3O.Pt/c1-75(2,63-31-16-7-17-32-63)64-38-36-55(37-39-64)58-41-42-76-69(50-58)62-46-59(53-23-8-3-9-24-53)45-61(47-62)65-33-20-34-71-72(65)77-74(68-49-60(54-25-10-4-11-26-54)48-67(73(68)79)57-29-14-6-15-30-57)78(71)70-40-35-52(43-51-21-18-19-22-51)44-66(70)56-27-12-5-13-28-56;/h3-17,20,23-42,44-46,48-51,79H,18-19,21-22,43H2,1-2H3;/q-1;/i43D2;. The number of fused-ring (bicyclic) bond motifs is 1. The predicted octanol–water partition coefficient (Wildman–Crippen LogP) is 19.3. The van der Waals surface area contributed by atoms with Gasteiger partial charge in [0.15, 0.2) is 0 Å². The Morgan fingerprint density at radius 3 is 1.70 bits per heavy atom. The molecule has 0 aliphatic heterocycles. The van der Waals surface area contributed by atoms with Crippen molar-refractivity contribution in [1.29, 1.82) is 0 Å². The van der Waals surface area contributed by atoms with Gasteiger partial charge >= 0.3 is 0 Å². The van der Waals surface area contributed by atoms with Crippen molar-refractivity contribution >= 4 is 11.0 Å². The van der Waals surface area contributed by atoms with Gasteiger partial charge in [0.25, 0.3) is 0 Å². The van der Waals surface area contributed by atoms with E-state index in [0.29, 0.717) is 22.5 Å². The first-order chi connectivity index (χ1) is 39.6. The molecule has 0 amide bonds. The molecule has 0 atom stereocenters. The van der Waals surface area contributed by atoms with Gasteiger partial charge in [-0.3, -0.25) is 9.55 Å². The second-order valence-corrected chi connectivity index (χ2v) is 21.4. The Bertz CT molecular complexity index is 4220. The van der Waals surface area contributed by atoms with Gasteiger partial charge in [0.1, 0.15) is 11.6 Å². The molecule has 0 saturated heterocycles. The number of imidazole rings is 1. The Kier molecular flexibility index (Phi) is 14.0. The molecule has 392 valence electrons. The fourth-order valence-electron chi connectivity index (χ4n) is 11.7. The summed E-state index contributed by atoms with van der Waals surface area (Å²) in [7, 11) is 0. The third kappa shape index (κ3) is 10.3. The molecule has 1 fully saturated rings. The average molecular weight is 1220 g/mol. The van der Waals surface area contributed by atoms with E-state index in [4.69, 9.17) is 9.97 Å². The molecule has 0 spiro atoms. The molecule has 0 radical (unpaired) electrons. The number of phenols is 1. The van der Waals surface area contributed by atoms with Crippen LogP contribution in [0.15, 0.2) is 255 Å². The number of pyridine rings is 1. The molecular weight excluding hydrogens is 1150 g/mol. The molecule has 10 aromatic carbocycles. The normalized spacial score (nSPS) is 13.2. The molecule has 1 aliphatic carbocycles. The van der Waals surface area contributed by atoms with E-state index in [9.17, 15) is 7.85 Å². The van der Waals surface area contributed by atoms with Gasteiger partial charge in [0.05, 0.1) is 22.3 Å². The molecule has 1 N–H and O–H groups in total. The number of aromatic hydroxyl groups is 1. The van der Waals surface area contributed by atoms with Crippen LogP contribution in [0, 0.1) is 12.0 Å². The fourth-order valence-corrected chi connectivity index (χ4v) is 11.7. The monoisotopic (exact) mass is 1220 g/mol. The maximum atomic E-state index is 12.9. The predicted molar refractivity (Wildman–Crippen MR) is 327 cm³/mol. The Balaban J connectivity index is 0.00000665. The largest absolute Gasteiger partial charge is 0.507 e. The number of hydrogen-bond acceptors (Lipinski definition) is 3. The minimum Gasteiger partial charge on any atom is -0.507 e. The summed E-state index contributed by atoms with van der Waals surface area (Å²) in [5.41, 5.74) is 18.8. The number of nitrogens with zero attached hydrogens (tertiary/aromatic N) is 3. The van der Waals surface area contributed by atoms with Crippen molar-refractivity contribution < 1.29 is 28.9 Å². The summed E-state index contributed by atoms with van der Waals surface area (Å²) in [6.45, 7) is 4.54. The maximum absolute atomic E-state index is 12.9. The van der Waals surface area contributed by atoms with Crippen LogP contribution in [0.1, 0.15) is 59.0 Å². The minimum absolute atomic E-state index is 0. The van der Waals surface area contributed by atoms with Gasteiger partial charge in [-0.15, -0.1) is 23.8 Å². The van der Waals surface area contributed by atoms with Gasteiger partial charge in [-0.25, -0.2) is 4.98 Å². The average Bonchev–Trinajstić information content (AvgIpc) is 4.29. The zero-order chi connectivity index (χ0) is 55.1. The Morgan fingerprint density at radius 2 is 1.05 bits per heavy atom. The van der Waals surface area contributed by atoms with Crippen molar-refractivity contribution in [1.82, 2.24) is 14.5 Å². The fraction of sp³-hybridized carbons (Fsp3) is 0.120. The molecule has 13 rings (SSSR count). The Labute approximate surface area is 487 Å². The molecule has 2 aromatic heterocycles. The summed E-state index contributed by atoms with van der Waals surface area (Å²) in [4.78, 5) is 10.7. The van der Waals surface area contributed by atoms with Gasteiger partial charge in [-0.05, 0) is 104 Å². The zero-order valence-electron chi connectivity index (χ0n) is 46.8. The molecule has 1 aliphatic rings. The number of aromatic nitrogens is 3. The van der Waals surface area contributed by atoms with Crippen molar-refractivity contribution in [3.63, 3.8) is 0 Å². The van der Waals surface area contributed by atoms with Gasteiger partial charge in [0, 0.05) is 52.2 Å². The quantitative estimate of drug-likeness (QED) is 0.117. The van der Waals surface area contributed by atoms with E-state index in [2.05, 4.69) is 194 Å². The zero-order valence-corrected chi connectivity index (χ0v) is 47.0. The third-order valence-corrected chi connectivity index (χ3v) is 16.0. The summed E-state index contributed by atoms with van der Waals surface area (Å²) in [6.07, 6.45) is 4.16. The van der Waals surface area contributed by atoms with Crippen LogP contribution in [0.2, 0.25) is 0 Å². The van der Waals surface area contributed by atoms with E-state index in [0.717, 1.165) is 115 Å². The molecule has 12 aromatic rings. The van der Waals surface area contributed by atoms with Crippen molar-refractivity contribution in [2.75, 3.05) is 0 Å². The van der Waals surface area contributed by atoms with Gasteiger partial charge in [-0.1, -0.05) is 256 Å². The first-order valence-corrected chi connectivity index (χ1v) is 27.5.